The van der Waals surface area contributed by atoms with E-state index in [0.717, 1.165) is 32.1 Å². The van der Waals surface area contributed by atoms with Gasteiger partial charge >= 0.3 is 0 Å². The van der Waals surface area contributed by atoms with Crippen LogP contribution >= 0.6 is 0 Å². The molecule has 0 saturated heterocycles. The first-order chi connectivity index (χ1) is 8.60. The van der Waals surface area contributed by atoms with Crippen LogP contribution in [0.3, 0.4) is 0 Å². The Morgan fingerprint density at radius 1 is 1.17 bits per heavy atom. The van der Waals surface area contributed by atoms with Gasteiger partial charge in [-0.3, -0.25) is 9.59 Å². The Morgan fingerprint density at radius 2 is 1.94 bits per heavy atom. The van der Waals surface area contributed by atoms with Crippen LogP contribution in [0.1, 0.15) is 51.4 Å². The molecule has 2 heteroatoms. The normalized spacial score (nSPS) is 35.3. The lowest BCUT2D eigenvalue weighted by Gasteiger charge is -2.46. The minimum absolute atomic E-state index is 0.249. The van der Waals surface area contributed by atoms with Crippen molar-refractivity contribution >= 4 is 11.6 Å². The molecule has 0 aromatic heterocycles. The summed E-state index contributed by atoms with van der Waals surface area (Å²) in [5.41, 5.74) is -0.549. The van der Waals surface area contributed by atoms with E-state index < -0.39 is 0 Å². The summed E-state index contributed by atoms with van der Waals surface area (Å²) >= 11 is 0. The summed E-state index contributed by atoms with van der Waals surface area (Å²) in [4.78, 5) is 24.2. The highest BCUT2D eigenvalue weighted by Gasteiger charge is 2.60. The summed E-state index contributed by atoms with van der Waals surface area (Å²) in [5, 5.41) is 0. The molecule has 2 aliphatic carbocycles. The molecule has 2 fully saturated rings. The second kappa shape index (κ2) is 4.83. The van der Waals surface area contributed by atoms with Crippen LogP contribution in [0.4, 0.5) is 0 Å². The number of ketones is 2. The molecule has 2 atom stereocenters. The van der Waals surface area contributed by atoms with Gasteiger partial charge in [-0.25, -0.2) is 0 Å². The average Bonchev–Trinajstić information content (AvgIpc) is 2.65. The van der Waals surface area contributed by atoms with Crippen molar-refractivity contribution in [2.24, 2.45) is 10.8 Å². The van der Waals surface area contributed by atoms with Crippen molar-refractivity contribution in [1.82, 2.24) is 0 Å². The number of allylic oxidation sites excluding steroid dienone is 2. The Hall–Kier alpha value is -1.18. The number of hydrogen-bond donors (Lipinski definition) is 0. The predicted octanol–water partition coefficient (Wildman–Crippen LogP) is 3.62. The van der Waals surface area contributed by atoms with Crippen molar-refractivity contribution in [3.8, 4) is 0 Å². The quantitative estimate of drug-likeness (QED) is 0.548. The molecule has 0 unspecified atom stereocenters. The molecule has 0 aromatic rings. The topological polar surface area (TPSA) is 34.1 Å². The molecular weight excluding hydrogens is 224 g/mol. The van der Waals surface area contributed by atoms with Crippen LogP contribution in [0.2, 0.25) is 0 Å². The molecule has 0 aromatic carbocycles. The SMILES string of the molecule is C=CCCC[C@]12CCC(=O)C[C@@]1(C=C)CCC2=O. The van der Waals surface area contributed by atoms with Gasteiger partial charge in [0.05, 0.1) is 0 Å². The third kappa shape index (κ3) is 1.79. The molecule has 0 amide bonds. The van der Waals surface area contributed by atoms with Gasteiger partial charge in [-0.2, -0.15) is 0 Å². The van der Waals surface area contributed by atoms with Gasteiger partial charge < -0.3 is 0 Å². The van der Waals surface area contributed by atoms with E-state index >= 15 is 0 Å². The first-order valence-corrected chi connectivity index (χ1v) is 6.90. The Labute approximate surface area is 109 Å². The zero-order chi connectivity index (χ0) is 13.2. The number of hydrogen-bond acceptors (Lipinski definition) is 2. The molecule has 0 heterocycles. The van der Waals surface area contributed by atoms with E-state index in [1.807, 2.05) is 12.2 Å². The van der Waals surface area contributed by atoms with Crippen molar-refractivity contribution in [1.29, 1.82) is 0 Å². The lowest BCUT2D eigenvalue weighted by atomic mass is 9.55. The van der Waals surface area contributed by atoms with E-state index in [2.05, 4.69) is 13.2 Å². The fourth-order valence-corrected chi connectivity index (χ4v) is 3.96. The van der Waals surface area contributed by atoms with E-state index in [9.17, 15) is 9.59 Å². The van der Waals surface area contributed by atoms with Crippen LogP contribution in [0.15, 0.2) is 25.3 Å². The van der Waals surface area contributed by atoms with Crippen molar-refractivity contribution in [3.63, 3.8) is 0 Å². The third-order valence-corrected chi connectivity index (χ3v) is 5.03. The molecule has 2 nitrogen and oxygen atoms in total. The number of Topliss-reactive ketones (excluding diaryl/α,β-unsaturated/α-hetero) is 2. The minimum atomic E-state index is -0.300. The number of rotatable bonds is 5. The highest BCUT2D eigenvalue weighted by atomic mass is 16.1. The average molecular weight is 246 g/mol. The fourth-order valence-electron chi connectivity index (χ4n) is 3.96. The lowest BCUT2D eigenvalue weighted by molar-refractivity contribution is -0.137. The van der Waals surface area contributed by atoms with Gasteiger partial charge in [-0.15, -0.1) is 13.2 Å². The lowest BCUT2D eigenvalue weighted by Crippen LogP contribution is -2.45. The first-order valence-electron chi connectivity index (χ1n) is 6.90. The standard InChI is InChI=1S/C16H22O2/c1-3-5-6-9-16-11-7-13(17)12-15(16,4-2)10-8-14(16)18/h3-4H,1-2,5-12H2/t15-,16-/m1/s1. The van der Waals surface area contributed by atoms with Crippen LogP contribution in [0, 0.1) is 10.8 Å². The maximum absolute atomic E-state index is 12.4. The molecule has 2 aliphatic rings. The molecule has 18 heavy (non-hydrogen) atoms. The maximum Gasteiger partial charge on any atom is 0.139 e. The van der Waals surface area contributed by atoms with E-state index in [1.165, 1.54) is 0 Å². The summed E-state index contributed by atoms with van der Waals surface area (Å²) < 4.78 is 0. The van der Waals surface area contributed by atoms with Gasteiger partial charge in [0.1, 0.15) is 11.6 Å². The maximum atomic E-state index is 12.4. The van der Waals surface area contributed by atoms with Gasteiger partial charge in [0, 0.05) is 30.1 Å². The Balaban J connectivity index is 2.30. The summed E-state index contributed by atoms with van der Waals surface area (Å²) in [6.07, 6.45) is 9.87. The second-order valence-electron chi connectivity index (χ2n) is 5.76. The van der Waals surface area contributed by atoms with Crippen molar-refractivity contribution in [3.05, 3.63) is 25.3 Å². The van der Waals surface area contributed by atoms with Crippen LogP contribution in [0.25, 0.3) is 0 Å². The Morgan fingerprint density at radius 3 is 2.61 bits per heavy atom. The summed E-state index contributed by atoms with van der Waals surface area (Å²) in [5.74, 6) is 0.655. The second-order valence-corrected chi connectivity index (χ2v) is 5.76. The monoisotopic (exact) mass is 246 g/mol. The summed E-state index contributed by atoms with van der Waals surface area (Å²) in [6, 6.07) is 0. The van der Waals surface area contributed by atoms with Crippen LogP contribution < -0.4 is 0 Å². The van der Waals surface area contributed by atoms with Gasteiger partial charge in [0.25, 0.3) is 0 Å². The van der Waals surface area contributed by atoms with Gasteiger partial charge in [0.2, 0.25) is 0 Å². The highest BCUT2D eigenvalue weighted by Crippen LogP contribution is 2.61. The Bertz CT molecular complexity index is 396. The zero-order valence-corrected chi connectivity index (χ0v) is 11.0. The molecule has 2 rings (SSSR count). The van der Waals surface area contributed by atoms with Gasteiger partial charge in [0.15, 0.2) is 0 Å². The molecular formula is C16H22O2. The number of carbonyl (C=O) groups excluding carboxylic acids is 2. The number of fused-ring (bicyclic) bond motifs is 1. The Kier molecular flexibility index (Phi) is 3.56. The summed E-state index contributed by atoms with van der Waals surface area (Å²) in [6.45, 7) is 7.67. The fraction of sp³-hybridized carbons (Fsp3) is 0.625. The highest BCUT2D eigenvalue weighted by molar-refractivity contribution is 5.93. The van der Waals surface area contributed by atoms with Crippen LogP contribution in [-0.2, 0) is 9.59 Å². The van der Waals surface area contributed by atoms with Crippen LogP contribution in [-0.4, -0.2) is 11.6 Å². The molecule has 0 N–H and O–H groups in total. The zero-order valence-electron chi connectivity index (χ0n) is 11.0. The van der Waals surface area contributed by atoms with Crippen molar-refractivity contribution < 1.29 is 9.59 Å². The minimum Gasteiger partial charge on any atom is -0.300 e. The first kappa shape index (κ1) is 13.3. The number of carbonyl (C=O) groups is 2. The molecule has 0 bridgehead atoms. The van der Waals surface area contributed by atoms with Crippen LogP contribution in [0.5, 0.6) is 0 Å². The molecule has 0 radical (unpaired) electrons. The van der Waals surface area contributed by atoms with E-state index in [-0.39, 0.29) is 10.8 Å². The number of unbranched alkanes of at least 4 members (excludes halogenated alkanes) is 1. The van der Waals surface area contributed by atoms with E-state index in [4.69, 9.17) is 0 Å². The van der Waals surface area contributed by atoms with E-state index in [1.54, 1.807) is 0 Å². The molecule has 0 spiro atoms. The molecule has 2 saturated carbocycles. The summed E-state index contributed by atoms with van der Waals surface area (Å²) in [7, 11) is 0. The molecule has 98 valence electrons. The molecule has 0 aliphatic heterocycles. The predicted molar refractivity (Wildman–Crippen MR) is 72.2 cm³/mol. The van der Waals surface area contributed by atoms with Gasteiger partial charge in [-0.05, 0) is 32.1 Å². The van der Waals surface area contributed by atoms with E-state index in [0.29, 0.717) is 30.8 Å². The third-order valence-electron chi connectivity index (χ3n) is 5.03. The van der Waals surface area contributed by atoms with Gasteiger partial charge in [-0.1, -0.05) is 12.2 Å². The smallest absolute Gasteiger partial charge is 0.139 e. The van der Waals surface area contributed by atoms with Crippen molar-refractivity contribution in [2.45, 2.75) is 51.4 Å². The largest absolute Gasteiger partial charge is 0.300 e. The van der Waals surface area contributed by atoms with Crippen molar-refractivity contribution in [2.75, 3.05) is 0 Å².